The first kappa shape index (κ1) is 10.3. The molecule has 2 aliphatic rings. The number of hydrogen-bond donors (Lipinski definition) is 1. The minimum absolute atomic E-state index is 0.596. The van der Waals surface area contributed by atoms with Gasteiger partial charge >= 0.3 is 0 Å². The van der Waals surface area contributed by atoms with E-state index in [1.807, 2.05) is 11.4 Å². The van der Waals surface area contributed by atoms with Crippen molar-refractivity contribution in [2.75, 3.05) is 24.5 Å². The van der Waals surface area contributed by atoms with Gasteiger partial charge < -0.3 is 10.2 Å². The second-order valence-corrected chi connectivity index (χ2v) is 5.20. The van der Waals surface area contributed by atoms with E-state index < -0.39 is 0 Å². The summed E-state index contributed by atoms with van der Waals surface area (Å²) in [6, 6.07) is 2.71. The molecule has 1 N–H and O–H groups in total. The fraction of sp³-hybridized carbons (Fsp3) is 0.583. The van der Waals surface area contributed by atoms with Gasteiger partial charge in [-0.25, -0.2) is 4.98 Å². The maximum atomic E-state index is 4.40. The summed E-state index contributed by atoms with van der Waals surface area (Å²) in [5.41, 5.74) is 1.000. The van der Waals surface area contributed by atoms with Crippen LogP contribution in [-0.2, 0) is 0 Å². The minimum Gasteiger partial charge on any atom is -0.352 e. The van der Waals surface area contributed by atoms with E-state index in [1.165, 1.54) is 6.42 Å². The summed E-state index contributed by atoms with van der Waals surface area (Å²) in [5.74, 6) is 2.60. The molecule has 2 aromatic rings. The molecule has 94 valence electrons. The third-order valence-electron chi connectivity index (χ3n) is 4.10. The Bertz CT molecular complexity index is 591. The van der Waals surface area contributed by atoms with Gasteiger partial charge in [-0.3, -0.25) is 0 Å². The van der Waals surface area contributed by atoms with Gasteiger partial charge in [0.2, 0.25) is 0 Å². The van der Waals surface area contributed by atoms with Crippen LogP contribution in [0.3, 0.4) is 0 Å². The summed E-state index contributed by atoms with van der Waals surface area (Å²) < 4.78 is 1.85. The number of anilines is 1. The predicted octanol–water partition coefficient (Wildman–Crippen LogP) is 0.231. The molecule has 4 rings (SSSR count). The number of aromatic nitrogens is 4. The zero-order valence-electron chi connectivity index (χ0n) is 10.4. The third-order valence-corrected chi connectivity index (χ3v) is 4.10. The number of rotatable bonds is 1. The Balaban J connectivity index is 1.84. The number of nitrogens with zero attached hydrogens (tertiary/aromatic N) is 5. The molecule has 2 fully saturated rings. The summed E-state index contributed by atoms with van der Waals surface area (Å²) in [4.78, 5) is 11.1. The quantitative estimate of drug-likeness (QED) is 0.778. The Morgan fingerprint density at radius 2 is 2.33 bits per heavy atom. The number of nitrogens with one attached hydrogen (secondary N) is 1. The van der Waals surface area contributed by atoms with Crippen molar-refractivity contribution in [2.24, 2.45) is 5.92 Å². The molecule has 6 heteroatoms. The highest BCUT2D eigenvalue weighted by Crippen LogP contribution is 2.31. The lowest BCUT2D eigenvalue weighted by molar-refractivity contribution is 0.575. The largest absolute Gasteiger partial charge is 0.352 e. The normalized spacial score (nSPS) is 27.1. The maximum absolute atomic E-state index is 4.40. The van der Waals surface area contributed by atoms with Gasteiger partial charge in [-0.1, -0.05) is 0 Å². The van der Waals surface area contributed by atoms with Crippen LogP contribution in [0.4, 0.5) is 5.82 Å². The van der Waals surface area contributed by atoms with Gasteiger partial charge in [-0.2, -0.15) is 14.6 Å². The molecule has 0 unspecified atom stereocenters. The van der Waals surface area contributed by atoms with E-state index in [2.05, 4.69) is 31.3 Å². The molecule has 2 saturated heterocycles. The van der Waals surface area contributed by atoms with Crippen LogP contribution in [-0.4, -0.2) is 45.3 Å². The van der Waals surface area contributed by atoms with E-state index in [1.54, 1.807) is 6.33 Å². The van der Waals surface area contributed by atoms with E-state index in [0.29, 0.717) is 11.8 Å². The summed E-state index contributed by atoms with van der Waals surface area (Å²) >= 11 is 0. The molecule has 0 spiro atoms. The second kappa shape index (κ2) is 3.65. The molecular formula is C12H16N6. The van der Waals surface area contributed by atoms with E-state index in [9.17, 15) is 0 Å². The van der Waals surface area contributed by atoms with Crippen LogP contribution in [0.2, 0.25) is 0 Å². The summed E-state index contributed by atoms with van der Waals surface area (Å²) in [6.07, 6.45) is 2.83. The average Bonchev–Trinajstić information content (AvgIpc) is 3.02. The molecule has 2 aliphatic heterocycles. The molecule has 6 nitrogen and oxygen atoms in total. The predicted molar refractivity (Wildman–Crippen MR) is 67.6 cm³/mol. The highest BCUT2D eigenvalue weighted by Gasteiger charge is 2.38. The highest BCUT2D eigenvalue weighted by atomic mass is 15.4. The molecule has 0 aromatic carbocycles. The lowest BCUT2D eigenvalue weighted by Crippen LogP contribution is -2.35. The van der Waals surface area contributed by atoms with Crippen LogP contribution in [0.5, 0.6) is 0 Å². The molecule has 4 heterocycles. The van der Waals surface area contributed by atoms with Gasteiger partial charge in [0.05, 0.1) is 0 Å². The molecular weight excluding hydrogens is 228 g/mol. The standard InChI is InChI=1S/C12H16N6/c1-8-4-11(18-12(16-8)14-7-15-18)17-3-2-9-5-13-6-10(9)17/h4,7,9-10,13H,2-3,5-6H2,1H3/t9-,10+/m1/s1. The Labute approximate surface area is 105 Å². The van der Waals surface area contributed by atoms with Gasteiger partial charge in [0.15, 0.2) is 0 Å². The maximum Gasteiger partial charge on any atom is 0.254 e. The molecule has 0 amide bonds. The smallest absolute Gasteiger partial charge is 0.254 e. The summed E-state index contributed by atoms with van der Waals surface area (Å²) in [6.45, 7) is 5.34. The Kier molecular flexibility index (Phi) is 2.08. The van der Waals surface area contributed by atoms with Crippen molar-refractivity contribution in [3.8, 4) is 0 Å². The molecule has 0 radical (unpaired) electrons. The van der Waals surface area contributed by atoms with Crippen LogP contribution in [0.15, 0.2) is 12.4 Å². The lowest BCUT2D eigenvalue weighted by Gasteiger charge is -2.25. The van der Waals surface area contributed by atoms with Crippen molar-refractivity contribution < 1.29 is 0 Å². The first-order valence-corrected chi connectivity index (χ1v) is 6.48. The molecule has 18 heavy (non-hydrogen) atoms. The molecule has 0 saturated carbocycles. The third kappa shape index (κ3) is 1.35. The van der Waals surface area contributed by atoms with Gasteiger partial charge in [0, 0.05) is 37.4 Å². The number of fused-ring (bicyclic) bond motifs is 2. The van der Waals surface area contributed by atoms with Crippen molar-refractivity contribution in [3.63, 3.8) is 0 Å². The van der Waals surface area contributed by atoms with Crippen LogP contribution in [0.1, 0.15) is 12.1 Å². The Morgan fingerprint density at radius 1 is 1.39 bits per heavy atom. The topological polar surface area (TPSA) is 58.4 Å². The fourth-order valence-corrected chi connectivity index (χ4v) is 3.25. The SMILES string of the molecule is Cc1cc(N2CC[C@@H]3CNC[C@@H]32)n2ncnc2n1. The van der Waals surface area contributed by atoms with Crippen molar-refractivity contribution >= 4 is 11.6 Å². The second-order valence-electron chi connectivity index (χ2n) is 5.20. The summed E-state index contributed by atoms with van der Waals surface area (Å²) in [5, 5.41) is 7.78. The Morgan fingerprint density at radius 3 is 3.28 bits per heavy atom. The van der Waals surface area contributed by atoms with Crippen molar-refractivity contribution in [1.29, 1.82) is 0 Å². The van der Waals surface area contributed by atoms with Gasteiger partial charge in [0.25, 0.3) is 5.78 Å². The van der Waals surface area contributed by atoms with Gasteiger partial charge in [0.1, 0.15) is 12.1 Å². The van der Waals surface area contributed by atoms with Crippen molar-refractivity contribution in [2.45, 2.75) is 19.4 Å². The summed E-state index contributed by atoms with van der Waals surface area (Å²) in [7, 11) is 0. The van der Waals surface area contributed by atoms with Crippen LogP contribution >= 0.6 is 0 Å². The zero-order valence-corrected chi connectivity index (χ0v) is 10.4. The monoisotopic (exact) mass is 244 g/mol. The van der Waals surface area contributed by atoms with Crippen LogP contribution < -0.4 is 10.2 Å². The first-order chi connectivity index (χ1) is 8.83. The van der Waals surface area contributed by atoms with Crippen molar-refractivity contribution in [1.82, 2.24) is 24.9 Å². The van der Waals surface area contributed by atoms with Crippen molar-refractivity contribution in [3.05, 3.63) is 18.1 Å². The highest BCUT2D eigenvalue weighted by molar-refractivity contribution is 5.49. The van der Waals surface area contributed by atoms with Gasteiger partial charge in [-0.05, 0) is 19.3 Å². The molecule has 2 atom stereocenters. The number of aryl methyl sites for hydroxylation is 1. The minimum atomic E-state index is 0.596. The van der Waals surface area contributed by atoms with Gasteiger partial charge in [-0.15, -0.1) is 0 Å². The fourth-order valence-electron chi connectivity index (χ4n) is 3.25. The molecule has 0 bridgehead atoms. The number of hydrogen-bond acceptors (Lipinski definition) is 5. The van der Waals surface area contributed by atoms with E-state index >= 15 is 0 Å². The van der Waals surface area contributed by atoms with Crippen LogP contribution in [0, 0.1) is 12.8 Å². The average molecular weight is 244 g/mol. The zero-order chi connectivity index (χ0) is 12.1. The first-order valence-electron chi connectivity index (χ1n) is 6.48. The van der Waals surface area contributed by atoms with E-state index in [-0.39, 0.29) is 0 Å². The molecule has 0 aliphatic carbocycles. The Hall–Kier alpha value is -1.69. The van der Waals surface area contributed by atoms with E-state index in [4.69, 9.17) is 0 Å². The molecule has 2 aromatic heterocycles. The van der Waals surface area contributed by atoms with Crippen LogP contribution in [0.25, 0.3) is 5.78 Å². The van der Waals surface area contributed by atoms with E-state index in [0.717, 1.165) is 37.1 Å². The lowest BCUT2D eigenvalue weighted by atomic mass is 10.1.